The molecule has 3 rings (SSSR count). The molecule has 112 valence electrons. The monoisotopic (exact) mass is 289 g/mol. The molecule has 1 amide bonds. The second kappa shape index (κ2) is 5.73. The van der Waals surface area contributed by atoms with E-state index in [-0.39, 0.29) is 11.9 Å². The molecule has 0 spiro atoms. The van der Waals surface area contributed by atoms with Gasteiger partial charge in [-0.25, -0.2) is 0 Å². The molecule has 0 aliphatic carbocycles. The van der Waals surface area contributed by atoms with E-state index < -0.39 is 6.10 Å². The first-order valence-electron chi connectivity index (χ1n) is 7.23. The van der Waals surface area contributed by atoms with Crippen LogP contribution in [-0.4, -0.2) is 44.8 Å². The molecule has 1 fully saturated rings. The summed E-state index contributed by atoms with van der Waals surface area (Å²) in [6.45, 7) is 2.48. The van der Waals surface area contributed by atoms with Crippen LogP contribution in [0.2, 0.25) is 0 Å². The van der Waals surface area contributed by atoms with E-state index in [2.05, 4.69) is 10.2 Å². The first kappa shape index (κ1) is 13.9. The summed E-state index contributed by atoms with van der Waals surface area (Å²) in [4.78, 5) is 14.4. The van der Waals surface area contributed by atoms with E-state index in [1.165, 1.54) is 0 Å². The zero-order chi connectivity index (χ0) is 14.8. The van der Waals surface area contributed by atoms with Gasteiger partial charge in [-0.15, -0.1) is 0 Å². The van der Waals surface area contributed by atoms with Gasteiger partial charge in [0.25, 0.3) is 5.91 Å². The maximum atomic E-state index is 12.6. The van der Waals surface area contributed by atoms with Crippen LogP contribution >= 0.6 is 0 Å². The Morgan fingerprint density at radius 1 is 1.67 bits per heavy atom. The highest BCUT2D eigenvalue weighted by atomic mass is 16.3. The molecule has 1 saturated heterocycles. The van der Waals surface area contributed by atoms with E-state index in [0.717, 1.165) is 19.4 Å². The first-order chi connectivity index (χ1) is 10.1. The Hall–Kier alpha value is -2.08. The van der Waals surface area contributed by atoms with Gasteiger partial charge in [0, 0.05) is 18.7 Å². The molecule has 0 saturated carbocycles. The lowest BCUT2D eigenvalue weighted by atomic mass is 10.1. The number of hydrogen-bond acceptors (Lipinski definition) is 4. The molecule has 2 N–H and O–H groups in total. The first-order valence-corrected chi connectivity index (χ1v) is 7.23. The predicted molar refractivity (Wildman–Crippen MR) is 76.6 cm³/mol. The van der Waals surface area contributed by atoms with Crippen molar-refractivity contribution in [2.75, 3.05) is 6.54 Å². The number of aromatic amines is 1. The molecule has 2 aromatic rings. The van der Waals surface area contributed by atoms with Gasteiger partial charge in [-0.3, -0.25) is 9.89 Å². The van der Waals surface area contributed by atoms with E-state index in [1.807, 2.05) is 11.0 Å². The molecule has 6 nitrogen and oxygen atoms in total. The summed E-state index contributed by atoms with van der Waals surface area (Å²) in [7, 11) is 0. The van der Waals surface area contributed by atoms with Gasteiger partial charge in [0.2, 0.25) is 0 Å². The minimum Gasteiger partial charge on any atom is -0.463 e. The van der Waals surface area contributed by atoms with E-state index in [0.29, 0.717) is 23.6 Å². The number of nitrogens with one attached hydrogen (secondary N) is 1. The minimum atomic E-state index is -0.402. The van der Waals surface area contributed by atoms with Crippen molar-refractivity contribution in [3.05, 3.63) is 30.2 Å². The van der Waals surface area contributed by atoms with Crippen LogP contribution in [0.25, 0.3) is 11.5 Å². The van der Waals surface area contributed by atoms with Crippen LogP contribution in [0.1, 0.15) is 36.7 Å². The van der Waals surface area contributed by atoms with Gasteiger partial charge in [-0.05, 0) is 38.3 Å². The van der Waals surface area contributed by atoms with Crippen LogP contribution in [0.15, 0.2) is 28.9 Å². The van der Waals surface area contributed by atoms with E-state index in [1.54, 1.807) is 25.3 Å². The van der Waals surface area contributed by atoms with Gasteiger partial charge in [0.15, 0.2) is 11.5 Å². The third-order valence-electron chi connectivity index (χ3n) is 3.83. The number of nitrogens with zero attached hydrogens (tertiary/aromatic N) is 2. The number of aliphatic hydroxyl groups is 1. The van der Waals surface area contributed by atoms with Crippen molar-refractivity contribution in [1.82, 2.24) is 15.1 Å². The smallest absolute Gasteiger partial charge is 0.274 e. The maximum Gasteiger partial charge on any atom is 0.274 e. The number of carbonyl (C=O) groups is 1. The number of amides is 1. The molecular weight excluding hydrogens is 270 g/mol. The highest BCUT2D eigenvalue weighted by Gasteiger charge is 2.31. The van der Waals surface area contributed by atoms with Crippen molar-refractivity contribution in [2.24, 2.45) is 0 Å². The Balaban J connectivity index is 1.76. The summed E-state index contributed by atoms with van der Waals surface area (Å²) in [6, 6.07) is 5.41. The fourth-order valence-corrected chi connectivity index (χ4v) is 2.88. The van der Waals surface area contributed by atoms with Crippen molar-refractivity contribution < 1.29 is 14.3 Å². The summed E-state index contributed by atoms with van der Waals surface area (Å²) in [5, 5.41) is 16.5. The Bertz CT molecular complexity index is 603. The minimum absolute atomic E-state index is 0.0905. The lowest BCUT2D eigenvalue weighted by Crippen LogP contribution is -2.37. The molecule has 21 heavy (non-hydrogen) atoms. The van der Waals surface area contributed by atoms with Crippen LogP contribution < -0.4 is 0 Å². The molecule has 1 aliphatic rings. The number of likely N-dealkylation sites (tertiary alicyclic amines) is 1. The van der Waals surface area contributed by atoms with E-state index >= 15 is 0 Å². The molecule has 0 radical (unpaired) electrons. The summed E-state index contributed by atoms with van der Waals surface area (Å²) in [5.41, 5.74) is 1.08. The topological polar surface area (TPSA) is 82.4 Å². The largest absolute Gasteiger partial charge is 0.463 e. The van der Waals surface area contributed by atoms with Gasteiger partial charge >= 0.3 is 0 Å². The van der Waals surface area contributed by atoms with Crippen molar-refractivity contribution in [2.45, 2.75) is 38.3 Å². The average Bonchev–Trinajstić information content (AvgIpc) is 3.18. The van der Waals surface area contributed by atoms with Gasteiger partial charge in [-0.2, -0.15) is 5.10 Å². The van der Waals surface area contributed by atoms with Crippen molar-refractivity contribution in [3.8, 4) is 11.5 Å². The average molecular weight is 289 g/mol. The molecule has 1 aliphatic heterocycles. The van der Waals surface area contributed by atoms with Crippen LogP contribution in [0, 0.1) is 0 Å². The lowest BCUT2D eigenvalue weighted by molar-refractivity contribution is 0.0676. The van der Waals surface area contributed by atoms with Gasteiger partial charge < -0.3 is 14.4 Å². The number of H-pyrrole nitrogens is 1. The number of aliphatic hydroxyl groups excluding tert-OH is 1. The van der Waals surface area contributed by atoms with E-state index in [4.69, 9.17) is 4.42 Å². The summed E-state index contributed by atoms with van der Waals surface area (Å²) >= 11 is 0. The fourth-order valence-electron chi connectivity index (χ4n) is 2.88. The number of aromatic nitrogens is 2. The lowest BCUT2D eigenvalue weighted by Gasteiger charge is -2.24. The highest BCUT2D eigenvalue weighted by Crippen LogP contribution is 2.24. The van der Waals surface area contributed by atoms with Crippen LogP contribution in [-0.2, 0) is 0 Å². The van der Waals surface area contributed by atoms with Crippen LogP contribution in [0.5, 0.6) is 0 Å². The van der Waals surface area contributed by atoms with Crippen LogP contribution in [0.3, 0.4) is 0 Å². The Kier molecular flexibility index (Phi) is 3.79. The SMILES string of the molecule is CC(O)CC1CCCN1C(=O)c1cc(-c2ccco2)[nH]n1. The number of rotatable bonds is 4. The summed E-state index contributed by atoms with van der Waals surface area (Å²) < 4.78 is 5.28. The molecule has 2 atom stereocenters. The second-order valence-electron chi connectivity index (χ2n) is 5.52. The van der Waals surface area contributed by atoms with Gasteiger partial charge in [0.05, 0.1) is 12.4 Å². The molecular formula is C15H19N3O3. The third-order valence-corrected chi connectivity index (χ3v) is 3.83. The normalized spacial score (nSPS) is 19.9. The predicted octanol–water partition coefficient (Wildman–Crippen LogP) is 2.05. The molecule has 2 aromatic heterocycles. The zero-order valence-electron chi connectivity index (χ0n) is 12.0. The Labute approximate surface area is 122 Å². The standard InChI is InChI=1S/C15H19N3O3/c1-10(19)8-11-4-2-6-18(11)15(20)13-9-12(16-17-13)14-5-3-7-21-14/h3,5,7,9-11,19H,2,4,6,8H2,1H3,(H,16,17). The van der Waals surface area contributed by atoms with Crippen LogP contribution in [0.4, 0.5) is 0 Å². The van der Waals surface area contributed by atoms with Crippen molar-refractivity contribution >= 4 is 5.91 Å². The molecule has 0 bridgehead atoms. The van der Waals surface area contributed by atoms with Gasteiger partial charge in [0.1, 0.15) is 5.69 Å². The van der Waals surface area contributed by atoms with Gasteiger partial charge in [-0.1, -0.05) is 0 Å². The molecule has 6 heteroatoms. The summed E-state index contributed by atoms with van der Waals surface area (Å²) in [6.07, 6.45) is 3.70. The molecule has 3 heterocycles. The van der Waals surface area contributed by atoms with E-state index in [9.17, 15) is 9.90 Å². The number of carbonyl (C=O) groups excluding carboxylic acids is 1. The van der Waals surface area contributed by atoms with Crippen molar-refractivity contribution in [3.63, 3.8) is 0 Å². The van der Waals surface area contributed by atoms with Crippen molar-refractivity contribution in [1.29, 1.82) is 0 Å². The highest BCUT2D eigenvalue weighted by molar-refractivity contribution is 5.93. The molecule has 0 aromatic carbocycles. The number of hydrogen-bond donors (Lipinski definition) is 2. The fraction of sp³-hybridized carbons (Fsp3) is 0.467. The Morgan fingerprint density at radius 3 is 3.24 bits per heavy atom. The second-order valence-corrected chi connectivity index (χ2v) is 5.52. The third kappa shape index (κ3) is 2.85. The summed E-state index contributed by atoms with van der Waals surface area (Å²) in [5.74, 6) is 0.565. The quantitative estimate of drug-likeness (QED) is 0.902. The Morgan fingerprint density at radius 2 is 2.52 bits per heavy atom. The maximum absolute atomic E-state index is 12.6. The zero-order valence-corrected chi connectivity index (χ0v) is 12.0. The number of furan rings is 1. The molecule has 2 unspecified atom stereocenters.